The smallest absolute Gasteiger partial charge is 0.126 e. The zero-order chi connectivity index (χ0) is 18.1. The predicted octanol–water partition coefficient (Wildman–Crippen LogP) is 5.68. The third kappa shape index (κ3) is 3.22. The number of aromatic nitrogens is 2. The Hall–Kier alpha value is -2.66. The maximum absolute atomic E-state index is 13.4. The van der Waals surface area contributed by atoms with Crippen LogP contribution in [-0.4, -0.2) is 9.55 Å². The summed E-state index contributed by atoms with van der Waals surface area (Å²) >= 11 is 3.57. The molecule has 2 aromatic carbocycles. The Bertz CT molecular complexity index is 1040. The number of pyridine rings is 1. The average molecular weight is 410 g/mol. The average Bonchev–Trinajstić information content (AvgIpc) is 2.97. The van der Waals surface area contributed by atoms with Crippen LogP contribution in [0.5, 0.6) is 0 Å². The summed E-state index contributed by atoms with van der Waals surface area (Å²) < 4.78 is 16.6. The van der Waals surface area contributed by atoms with Crippen molar-refractivity contribution in [2.24, 2.45) is 7.05 Å². The van der Waals surface area contributed by atoms with E-state index in [0.717, 1.165) is 32.3 Å². The van der Waals surface area contributed by atoms with Gasteiger partial charge in [0.25, 0.3) is 0 Å². The molecule has 4 aromatic rings. The SMILES string of the molecule is Cn1cc(C(Nc2ccccn2)c2ccc(F)cc2)c2cc(Br)ccc21. The van der Waals surface area contributed by atoms with Crippen molar-refractivity contribution < 1.29 is 4.39 Å². The Kier molecular flexibility index (Phi) is 4.47. The third-order valence-electron chi connectivity index (χ3n) is 4.45. The first-order valence-electron chi connectivity index (χ1n) is 8.29. The van der Waals surface area contributed by atoms with Gasteiger partial charge in [-0.2, -0.15) is 0 Å². The molecule has 2 aromatic heterocycles. The number of hydrogen-bond acceptors (Lipinski definition) is 2. The number of nitrogens with one attached hydrogen (secondary N) is 1. The molecule has 0 aliphatic heterocycles. The molecule has 26 heavy (non-hydrogen) atoms. The monoisotopic (exact) mass is 409 g/mol. The molecule has 4 rings (SSSR count). The second-order valence-corrected chi connectivity index (χ2v) is 7.12. The van der Waals surface area contributed by atoms with Crippen molar-refractivity contribution in [3.63, 3.8) is 0 Å². The molecule has 0 aliphatic rings. The van der Waals surface area contributed by atoms with E-state index in [2.05, 4.69) is 49.1 Å². The maximum Gasteiger partial charge on any atom is 0.126 e. The summed E-state index contributed by atoms with van der Waals surface area (Å²) in [4.78, 5) is 4.39. The van der Waals surface area contributed by atoms with E-state index < -0.39 is 0 Å². The van der Waals surface area contributed by atoms with Crippen LogP contribution >= 0.6 is 15.9 Å². The summed E-state index contributed by atoms with van der Waals surface area (Å²) in [5, 5.41) is 4.63. The van der Waals surface area contributed by atoms with Gasteiger partial charge in [-0.15, -0.1) is 0 Å². The Morgan fingerprint density at radius 3 is 2.62 bits per heavy atom. The first-order chi connectivity index (χ1) is 12.6. The highest BCUT2D eigenvalue weighted by Gasteiger charge is 2.20. The van der Waals surface area contributed by atoms with Crippen LogP contribution in [0.25, 0.3) is 10.9 Å². The van der Waals surface area contributed by atoms with Gasteiger partial charge in [-0.3, -0.25) is 0 Å². The summed E-state index contributed by atoms with van der Waals surface area (Å²) in [5.41, 5.74) is 3.23. The number of anilines is 1. The number of aryl methyl sites for hydroxylation is 1. The summed E-state index contributed by atoms with van der Waals surface area (Å²) in [7, 11) is 2.03. The molecule has 5 heteroatoms. The molecule has 0 fully saturated rings. The zero-order valence-electron chi connectivity index (χ0n) is 14.2. The fraction of sp³-hybridized carbons (Fsp3) is 0.0952. The molecule has 1 N–H and O–H groups in total. The third-order valence-corrected chi connectivity index (χ3v) is 4.95. The van der Waals surface area contributed by atoms with Crippen molar-refractivity contribution in [2.75, 3.05) is 5.32 Å². The van der Waals surface area contributed by atoms with Gasteiger partial charge in [0, 0.05) is 40.4 Å². The first kappa shape index (κ1) is 16.8. The van der Waals surface area contributed by atoms with Gasteiger partial charge in [0.05, 0.1) is 6.04 Å². The second-order valence-electron chi connectivity index (χ2n) is 6.20. The first-order valence-corrected chi connectivity index (χ1v) is 9.08. The van der Waals surface area contributed by atoms with Crippen LogP contribution in [0, 0.1) is 5.82 Å². The molecular weight excluding hydrogens is 393 g/mol. The van der Waals surface area contributed by atoms with E-state index in [1.807, 2.05) is 43.4 Å². The van der Waals surface area contributed by atoms with Gasteiger partial charge in [0.1, 0.15) is 11.6 Å². The van der Waals surface area contributed by atoms with Crippen LogP contribution in [-0.2, 0) is 7.05 Å². The van der Waals surface area contributed by atoms with E-state index in [-0.39, 0.29) is 11.9 Å². The number of fused-ring (bicyclic) bond motifs is 1. The summed E-state index contributed by atoms with van der Waals surface area (Å²) in [6.07, 6.45) is 3.87. The highest BCUT2D eigenvalue weighted by Crippen LogP contribution is 2.34. The van der Waals surface area contributed by atoms with Crippen LogP contribution in [0.2, 0.25) is 0 Å². The molecule has 0 saturated carbocycles. The molecule has 0 radical (unpaired) electrons. The minimum atomic E-state index is -0.244. The number of rotatable bonds is 4. The highest BCUT2D eigenvalue weighted by molar-refractivity contribution is 9.10. The summed E-state index contributed by atoms with van der Waals surface area (Å²) in [6.45, 7) is 0. The molecule has 1 unspecified atom stereocenters. The number of benzene rings is 2. The van der Waals surface area contributed by atoms with Crippen molar-refractivity contribution in [1.29, 1.82) is 0 Å². The van der Waals surface area contributed by atoms with Gasteiger partial charge in [-0.05, 0) is 48.0 Å². The molecule has 1 atom stereocenters. The van der Waals surface area contributed by atoms with Gasteiger partial charge in [0.15, 0.2) is 0 Å². The van der Waals surface area contributed by atoms with Crippen LogP contribution in [0.3, 0.4) is 0 Å². The number of hydrogen-bond donors (Lipinski definition) is 1. The molecular formula is C21H17BrFN3. The van der Waals surface area contributed by atoms with Crippen LogP contribution in [0.4, 0.5) is 10.2 Å². The van der Waals surface area contributed by atoms with Crippen molar-refractivity contribution in [2.45, 2.75) is 6.04 Å². The van der Waals surface area contributed by atoms with Crippen LogP contribution in [0.1, 0.15) is 17.2 Å². The maximum atomic E-state index is 13.4. The zero-order valence-corrected chi connectivity index (χ0v) is 15.7. The minimum absolute atomic E-state index is 0.150. The Morgan fingerprint density at radius 2 is 1.88 bits per heavy atom. The molecule has 3 nitrogen and oxygen atoms in total. The Balaban J connectivity index is 1.87. The second kappa shape index (κ2) is 6.92. The molecule has 0 spiro atoms. The minimum Gasteiger partial charge on any atom is -0.359 e. The van der Waals surface area contributed by atoms with Gasteiger partial charge < -0.3 is 9.88 Å². The molecule has 2 heterocycles. The van der Waals surface area contributed by atoms with E-state index in [4.69, 9.17) is 0 Å². The highest BCUT2D eigenvalue weighted by atomic mass is 79.9. The standard InChI is InChI=1S/C21H17BrFN3/c1-26-13-18(17-12-15(22)7-10-19(17)26)21(14-5-8-16(23)9-6-14)25-20-4-2-3-11-24-20/h2-13,21H,1H3,(H,24,25). The van der Waals surface area contributed by atoms with Crippen molar-refractivity contribution in [1.82, 2.24) is 9.55 Å². The van der Waals surface area contributed by atoms with Crippen molar-refractivity contribution in [3.8, 4) is 0 Å². The van der Waals surface area contributed by atoms with Gasteiger partial charge in [0.2, 0.25) is 0 Å². The van der Waals surface area contributed by atoms with Crippen molar-refractivity contribution >= 4 is 32.7 Å². The lowest BCUT2D eigenvalue weighted by atomic mass is 9.98. The van der Waals surface area contributed by atoms with Crippen LogP contribution < -0.4 is 5.32 Å². The van der Waals surface area contributed by atoms with E-state index in [0.29, 0.717) is 0 Å². The fourth-order valence-electron chi connectivity index (χ4n) is 3.22. The number of nitrogens with zero attached hydrogens (tertiary/aromatic N) is 2. The predicted molar refractivity (Wildman–Crippen MR) is 107 cm³/mol. The van der Waals surface area contributed by atoms with Gasteiger partial charge in [-0.25, -0.2) is 9.37 Å². The van der Waals surface area contributed by atoms with Crippen LogP contribution in [0.15, 0.2) is 77.5 Å². The summed E-state index contributed by atoms with van der Waals surface area (Å²) in [5.74, 6) is 0.528. The van der Waals surface area contributed by atoms with Gasteiger partial charge in [-0.1, -0.05) is 34.1 Å². The number of halogens is 2. The largest absolute Gasteiger partial charge is 0.359 e. The fourth-order valence-corrected chi connectivity index (χ4v) is 3.58. The lowest BCUT2D eigenvalue weighted by Crippen LogP contribution is -2.13. The molecule has 0 saturated heterocycles. The quantitative estimate of drug-likeness (QED) is 0.470. The topological polar surface area (TPSA) is 29.9 Å². The van der Waals surface area contributed by atoms with E-state index in [9.17, 15) is 4.39 Å². The molecule has 0 aliphatic carbocycles. The van der Waals surface area contributed by atoms with E-state index >= 15 is 0 Å². The molecule has 130 valence electrons. The molecule has 0 bridgehead atoms. The van der Waals surface area contributed by atoms with E-state index in [1.54, 1.807) is 6.20 Å². The summed E-state index contributed by atoms with van der Waals surface area (Å²) in [6, 6.07) is 18.4. The van der Waals surface area contributed by atoms with E-state index in [1.165, 1.54) is 12.1 Å². The Morgan fingerprint density at radius 1 is 1.08 bits per heavy atom. The Labute approximate surface area is 159 Å². The van der Waals surface area contributed by atoms with Gasteiger partial charge >= 0.3 is 0 Å². The van der Waals surface area contributed by atoms with Crippen molar-refractivity contribution in [3.05, 3.63) is 94.5 Å². The lowest BCUT2D eigenvalue weighted by molar-refractivity contribution is 0.626. The lowest BCUT2D eigenvalue weighted by Gasteiger charge is -2.20. The molecule has 0 amide bonds. The normalized spacial score (nSPS) is 12.3.